The molecule has 1 N–H and O–H groups in total. The second-order valence-corrected chi connectivity index (χ2v) is 11.3. The van der Waals surface area contributed by atoms with Gasteiger partial charge >= 0.3 is 5.97 Å². The quantitative estimate of drug-likeness (QED) is 0.394. The lowest BCUT2D eigenvalue weighted by Gasteiger charge is -2.40. The van der Waals surface area contributed by atoms with Crippen molar-refractivity contribution in [3.05, 3.63) is 103 Å². The number of carbonyl (C=O) groups is 3. The number of benzene rings is 3. The molecule has 2 saturated heterocycles. The van der Waals surface area contributed by atoms with E-state index >= 15 is 0 Å². The normalized spacial score (nSPS) is 31.4. The van der Waals surface area contributed by atoms with Crippen molar-refractivity contribution in [2.75, 3.05) is 24.7 Å². The van der Waals surface area contributed by atoms with Crippen LogP contribution in [0.2, 0.25) is 0 Å². The van der Waals surface area contributed by atoms with E-state index < -0.39 is 53.6 Å². The molecule has 1 unspecified atom stereocenters. The van der Waals surface area contributed by atoms with Crippen LogP contribution in [-0.2, 0) is 23.9 Å². The molecule has 6 atom stereocenters. The maximum absolute atomic E-state index is 14.8. The van der Waals surface area contributed by atoms with Gasteiger partial charge in [0, 0.05) is 12.2 Å². The van der Waals surface area contributed by atoms with Crippen molar-refractivity contribution >= 4 is 34.2 Å². The van der Waals surface area contributed by atoms with E-state index in [1.54, 1.807) is 30.1 Å². The van der Waals surface area contributed by atoms with E-state index in [4.69, 9.17) is 9.47 Å². The second kappa shape index (κ2) is 9.39. The number of nitrogens with zero attached hydrogens (tertiary/aromatic N) is 2. The van der Waals surface area contributed by atoms with Crippen LogP contribution in [0.15, 0.2) is 97.1 Å². The molecule has 7 rings (SSSR count). The van der Waals surface area contributed by atoms with Crippen molar-refractivity contribution in [1.29, 1.82) is 0 Å². The topological polar surface area (TPSA) is 96.4 Å². The Hall–Kier alpha value is -4.27. The van der Waals surface area contributed by atoms with E-state index in [2.05, 4.69) is 0 Å². The Balaban J connectivity index is 1.40. The summed E-state index contributed by atoms with van der Waals surface area (Å²) in [5, 5.41) is 12.7. The minimum Gasteiger partial charge on any atom is -0.461 e. The van der Waals surface area contributed by atoms with Crippen LogP contribution in [0.1, 0.15) is 18.5 Å². The lowest BCUT2D eigenvalue weighted by molar-refractivity contribution is -0.157. The Labute approximate surface area is 237 Å². The van der Waals surface area contributed by atoms with Crippen molar-refractivity contribution in [2.24, 2.45) is 11.8 Å². The maximum atomic E-state index is 14.8. The zero-order valence-electron chi connectivity index (χ0n) is 22.6. The molecule has 0 bridgehead atoms. The molecule has 3 aromatic rings. The van der Waals surface area contributed by atoms with Gasteiger partial charge in [-0.2, -0.15) is 0 Å². The fourth-order valence-corrected chi connectivity index (χ4v) is 7.24. The summed E-state index contributed by atoms with van der Waals surface area (Å²) < 4.78 is 12.3. The second-order valence-electron chi connectivity index (χ2n) is 11.3. The third-order valence-electron chi connectivity index (χ3n) is 8.99. The molecule has 4 aliphatic rings. The monoisotopic (exact) mass is 550 g/mol. The van der Waals surface area contributed by atoms with Gasteiger partial charge in [0.1, 0.15) is 24.2 Å². The fraction of sp³-hybridized carbons (Fsp3) is 0.303. The Morgan fingerprint density at radius 2 is 1.66 bits per heavy atom. The molecular formula is C33H30N2O6. The summed E-state index contributed by atoms with van der Waals surface area (Å²) in [5.41, 5.74) is -1.23. The Morgan fingerprint density at radius 3 is 2.44 bits per heavy atom. The number of cyclic esters (lactones) is 1. The number of fused-ring (bicyclic) bond motifs is 3. The number of aliphatic hydroxyl groups excluding tert-OH is 1. The van der Waals surface area contributed by atoms with Crippen LogP contribution in [0.25, 0.3) is 10.8 Å². The van der Waals surface area contributed by atoms with Crippen molar-refractivity contribution in [1.82, 2.24) is 4.90 Å². The fourth-order valence-electron chi connectivity index (χ4n) is 7.24. The molecule has 8 heteroatoms. The first kappa shape index (κ1) is 25.7. The van der Waals surface area contributed by atoms with Crippen LogP contribution in [0.4, 0.5) is 5.69 Å². The maximum Gasteiger partial charge on any atom is 0.313 e. The van der Waals surface area contributed by atoms with Gasteiger partial charge in [0.2, 0.25) is 5.91 Å². The van der Waals surface area contributed by atoms with Crippen molar-refractivity contribution in [3.8, 4) is 0 Å². The highest BCUT2D eigenvalue weighted by Crippen LogP contribution is 2.58. The van der Waals surface area contributed by atoms with Crippen LogP contribution in [0.5, 0.6) is 0 Å². The number of hydrogen-bond donors (Lipinski definition) is 1. The summed E-state index contributed by atoms with van der Waals surface area (Å²) in [4.78, 5) is 45.8. The van der Waals surface area contributed by atoms with E-state index in [9.17, 15) is 19.5 Å². The van der Waals surface area contributed by atoms with Gasteiger partial charge in [0.15, 0.2) is 0 Å². The Kier molecular flexibility index (Phi) is 5.88. The van der Waals surface area contributed by atoms with E-state index in [1.807, 2.05) is 78.9 Å². The minimum absolute atomic E-state index is 0.0864. The first-order valence-corrected chi connectivity index (χ1v) is 13.9. The molecule has 8 nitrogen and oxygen atoms in total. The zero-order chi connectivity index (χ0) is 28.4. The van der Waals surface area contributed by atoms with Gasteiger partial charge in [0.05, 0.1) is 24.2 Å². The van der Waals surface area contributed by atoms with Crippen molar-refractivity contribution in [2.45, 2.75) is 30.2 Å². The van der Waals surface area contributed by atoms with Gasteiger partial charge in [-0.1, -0.05) is 78.9 Å². The predicted octanol–water partition coefficient (Wildman–Crippen LogP) is 3.56. The molecular weight excluding hydrogens is 520 g/mol. The van der Waals surface area contributed by atoms with Gasteiger partial charge in [-0.3, -0.25) is 14.4 Å². The van der Waals surface area contributed by atoms with Crippen LogP contribution in [0, 0.1) is 11.8 Å². The highest BCUT2D eigenvalue weighted by atomic mass is 16.6. The van der Waals surface area contributed by atoms with Gasteiger partial charge in [-0.25, -0.2) is 0 Å². The number of carbonyl (C=O) groups excluding carboxylic acids is 3. The molecule has 0 aliphatic carbocycles. The third-order valence-corrected chi connectivity index (χ3v) is 8.99. The number of aliphatic hydroxyl groups is 1. The number of anilines is 1. The molecule has 4 heterocycles. The molecule has 41 heavy (non-hydrogen) atoms. The third kappa shape index (κ3) is 3.71. The van der Waals surface area contributed by atoms with E-state index in [0.29, 0.717) is 11.3 Å². The molecule has 208 valence electrons. The highest BCUT2D eigenvalue weighted by molar-refractivity contribution is 6.06. The molecule has 2 fully saturated rings. The predicted molar refractivity (Wildman–Crippen MR) is 152 cm³/mol. The zero-order valence-corrected chi connectivity index (χ0v) is 22.6. The van der Waals surface area contributed by atoms with Gasteiger partial charge in [-0.05, 0) is 41.5 Å². The molecule has 0 radical (unpaired) electrons. The Morgan fingerprint density at radius 1 is 0.902 bits per heavy atom. The first-order valence-electron chi connectivity index (χ1n) is 13.9. The number of amides is 2. The molecule has 0 aromatic heterocycles. The van der Waals surface area contributed by atoms with E-state index in [1.165, 1.54) is 4.90 Å². The van der Waals surface area contributed by atoms with Crippen molar-refractivity contribution < 1.29 is 29.0 Å². The van der Waals surface area contributed by atoms with Crippen LogP contribution >= 0.6 is 0 Å². The van der Waals surface area contributed by atoms with Crippen LogP contribution in [0.3, 0.4) is 0 Å². The first-order chi connectivity index (χ1) is 19.9. The summed E-state index contributed by atoms with van der Waals surface area (Å²) in [5.74, 6) is -3.27. The largest absolute Gasteiger partial charge is 0.461 e. The molecule has 2 amide bonds. The number of rotatable bonds is 4. The highest BCUT2D eigenvalue weighted by Gasteiger charge is 2.75. The Bertz CT molecular complexity index is 1620. The molecule has 4 aliphatic heterocycles. The van der Waals surface area contributed by atoms with Gasteiger partial charge < -0.3 is 24.4 Å². The number of ether oxygens (including phenoxy) is 2. The number of likely N-dealkylation sites (tertiary alicyclic amines) is 1. The summed E-state index contributed by atoms with van der Waals surface area (Å²) in [6.45, 7) is 1.70. The lowest BCUT2D eigenvalue weighted by atomic mass is 9.75. The summed E-state index contributed by atoms with van der Waals surface area (Å²) >= 11 is 0. The van der Waals surface area contributed by atoms with Gasteiger partial charge in [-0.15, -0.1) is 0 Å². The standard InChI is InChI=1S/C33H30N2O6/c1-32-15-8-18-40-31(39)27(32)26-29(37)35(25(20-36)22-10-3-2-4-11-22)28-30(38)34(17-7-16-33(26,28)41-32)24-14-13-21-9-5-6-12-23(21)19-24/h2-16,19,25-28,36H,17-18,20H2,1H3/t25-,26+,27-,28?,32+,33+/m1/s1. The molecule has 0 saturated carbocycles. The SMILES string of the molecule is C[C@]12C=CCOC(=O)[C@H]1[C@H]1C(=O)N([C@H](CO)c3ccccc3)C3C(=O)N(c4ccc5ccccc5c4)CC=C[C@@]31O2. The number of hydrogen-bond acceptors (Lipinski definition) is 6. The van der Waals surface area contributed by atoms with E-state index in [-0.39, 0.29) is 19.1 Å². The average molecular weight is 551 g/mol. The molecule has 1 spiro atoms. The summed E-state index contributed by atoms with van der Waals surface area (Å²) in [6.07, 6.45) is 7.13. The lowest BCUT2D eigenvalue weighted by Crippen LogP contribution is -2.57. The smallest absolute Gasteiger partial charge is 0.313 e. The summed E-state index contributed by atoms with van der Waals surface area (Å²) in [7, 11) is 0. The van der Waals surface area contributed by atoms with Crippen LogP contribution in [-0.4, -0.2) is 64.8 Å². The molecule has 3 aromatic carbocycles. The van der Waals surface area contributed by atoms with Crippen molar-refractivity contribution in [3.63, 3.8) is 0 Å². The van der Waals surface area contributed by atoms with Crippen LogP contribution < -0.4 is 4.90 Å². The average Bonchev–Trinajstić information content (AvgIpc) is 3.24. The number of esters is 1. The van der Waals surface area contributed by atoms with Gasteiger partial charge in [0.25, 0.3) is 5.91 Å². The van der Waals surface area contributed by atoms with E-state index in [0.717, 1.165) is 10.8 Å². The minimum atomic E-state index is -1.44. The summed E-state index contributed by atoms with van der Waals surface area (Å²) in [6, 6.07) is 20.9.